The number of hydrogen-bond donors (Lipinski definition) is 1. The van der Waals surface area contributed by atoms with Crippen LogP contribution in [0, 0.1) is 6.92 Å². The molecule has 2 aromatic rings. The van der Waals surface area contributed by atoms with Crippen molar-refractivity contribution in [1.29, 1.82) is 0 Å². The summed E-state index contributed by atoms with van der Waals surface area (Å²) in [5.41, 5.74) is 2.38. The molecule has 1 aromatic carbocycles. The molecular formula is C19H24N4O. The van der Waals surface area contributed by atoms with Gasteiger partial charge < -0.3 is 10.2 Å². The molecule has 0 radical (unpaired) electrons. The number of aryl methyl sites for hydroxylation is 1. The van der Waals surface area contributed by atoms with E-state index in [1.165, 1.54) is 0 Å². The van der Waals surface area contributed by atoms with Gasteiger partial charge in [-0.05, 0) is 45.0 Å². The zero-order valence-corrected chi connectivity index (χ0v) is 14.3. The quantitative estimate of drug-likeness (QED) is 0.939. The Kier molecular flexibility index (Phi) is 5.20. The van der Waals surface area contributed by atoms with Crippen molar-refractivity contribution in [2.45, 2.75) is 32.2 Å². The van der Waals surface area contributed by atoms with Crippen molar-refractivity contribution in [3.8, 4) is 0 Å². The molecule has 0 spiro atoms. The van der Waals surface area contributed by atoms with Crippen molar-refractivity contribution in [1.82, 2.24) is 20.2 Å². The summed E-state index contributed by atoms with van der Waals surface area (Å²) in [6.07, 6.45) is 2.23. The molecule has 126 valence electrons. The minimum Gasteiger partial charge on any atom is -0.347 e. The van der Waals surface area contributed by atoms with Gasteiger partial charge in [-0.1, -0.05) is 30.3 Å². The monoisotopic (exact) mass is 324 g/mol. The number of likely N-dealkylation sites (tertiary alicyclic amines) is 1. The molecule has 5 nitrogen and oxygen atoms in total. The molecule has 1 N–H and O–H groups in total. The third-order valence-corrected chi connectivity index (χ3v) is 4.39. The van der Waals surface area contributed by atoms with Gasteiger partial charge in [-0.2, -0.15) is 0 Å². The van der Waals surface area contributed by atoms with Crippen molar-refractivity contribution < 1.29 is 4.79 Å². The van der Waals surface area contributed by atoms with E-state index in [0.29, 0.717) is 18.2 Å². The van der Waals surface area contributed by atoms with E-state index in [1.807, 2.05) is 37.3 Å². The van der Waals surface area contributed by atoms with E-state index in [2.05, 4.69) is 27.2 Å². The van der Waals surface area contributed by atoms with Gasteiger partial charge in [0.1, 0.15) is 11.5 Å². The molecule has 1 unspecified atom stereocenters. The van der Waals surface area contributed by atoms with E-state index < -0.39 is 0 Å². The van der Waals surface area contributed by atoms with Crippen molar-refractivity contribution >= 4 is 5.91 Å². The molecule has 1 atom stereocenters. The fraction of sp³-hybridized carbons (Fsp3) is 0.421. The van der Waals surface area contributed by atoms with Crippen LogP contribution in [0.4, 0.5) is 0 Å². The Bertz CT molecular complexity index is 702. The number of aromatic nitrogens is 2. The van der Waals surface area contributed by atoms with Crippen molar-refractivity contribution in [2.75, 3.05) is 20.1 Å². The molecule has 1 aromatic heterocycles. The first-order valence-corrected chi connectivity index (χ1v) is 8.48. The number of carbonyl (C=O) groups excluding carboxylic acids is 1. The molecule has 1 aliphatic rings. The number of hydrogen-bond acceptors (Lipinski definition) is 4. The average molecular weight is 324 g/mol. The van der Waals surface area contributed by atoms with Crippen LogP contribution in [0.1, 0.15) is 46.3 Å². The molecule has 1 fully saturated rings. The second kappa shape index (κ2) is 7.53. The molecule has 3 rings (SSSR count). The van der Waals surface area contributed by atoms with E-state index in [0.717, 1.165) is 43.0 Å². The maximum atomic E-state index is 12.5. The van der Waals surface area contributed by atoms with Crippen LogP contribution in [0.5, 0.6) is 0 Å². The maximum Gasteiger partial charge on any atom is 0.270 e. The van der Waals surface area contributed by atoms with Crippen molar-refractivity contribution in [3.05, 3.63) is 59.2 Å². The molecule has 2 heterocycles. The van der Waals surface area contributed by atoms with Crippen LogP contribution in [0.3, 0.4) is 0 Å². The predicted octanol–water partition coefficient (Wildman–Crippen LogP) is 2.52. The Morgan fingerprint density at radius 3 is 2.83 bits per heavy atom. The highest BCUT2D eigenvalue weighted by atomic mass is 16.1. The Morgan fingerprint density at radius 1 is 1.29 bits per heavy atom. The summed E-state index contributed by atoms with van der Waals surface area (Å²) >= 11 is 0. The summed E-state index contributed by atoms with van der Waals surface area (Å²) in [5.74, 6) is 0.963. The van der Waals surface area contributed by atoms with Gasteiger partial charge in [0.05, 0.1) is 0 Å². The number of nitrogens with zero attached hydrogens (tertiary/aromatic N) is 3. The third-order valence-electron chi connectivity index (χ3n) is 4.39. The lowest BCUT2D eigenvalue weighted by atomic mass is 9.97. The van der Waals surface area contributed by atoms with Crippen LogP contribution in [-0.2, 0) is 6.54 Å². The molecule has 1 aliphatic heterocycles. The fourth-order valence-electron chi connectivity index (χ4n) is 3.14. The largest absolute Gasteiger partial charge is 0.347 e. The SMILES string of the molecule is Cc1cc(C(=O)NCc2ccccc2)nc(C2CCCN(C)C2)n1. The summed E-state index contributed by atoms with van der Waals surface area (Å²) in [4.78, 5) is 23.9. The van der Waals surface area contributed by atoms with E-state index in [4.69, 9.17) is 0 Å². The first kappa shape index (κ1) is 16.6. The van der Waals surface area contributed by atoms with Gasteiger partial charge in [0, 0.05) is 24.7 Å². The van der Waals surface area contributed by atoms with E-state index in [9.17, 15) is 4.79 Å². The van der Waals surface area contributed by atoms with Gasteiger partial charge in [0.2, 0.25) is 0 Å². The molecule has 0 bridgehead atoms. The Labute approximate surface area is 143 Å². The number of rotatable bonds is 4. The number of amides is 1. The number of carbonyl (C=O) groups is 1. The number of likely N-dealkylation sites (N-methyl/N-ethyl adjacent to an activating group) is 1. The summed E-state index contributed by atoms with van der Waals surface area (Å²) < 4.78 is 0. The first-order chi connectivity index (χ1) is 11.6. The van der Waals surface area contributed by atoms with Crippen LogP contribution < -0.4 is 5.32 Å². The lowest BCUT2D eigenvalue weighted by Crippen LogP contribution is -2.32. The first-order valence-electron chi connectivity index (χ1n) is 8.48. The fourth-order valence-corrected chi connectivity index (χ4v) is 3.14. The smallest absolute Gasteiger partial charge is 0.270 e. The van der Waals surface area contributed by atoms with Crippen LogP contribution in [-0.4, -0.2) is 40.9 Å². The maximum absolute atomic E-state index is 12.5. The lowest BCUT2D eigenvalue weighted by Gasteiger charge is -2.28. The lowest BCUT2D eigenvalue weighted by molar-refractivity contribution is 0.0945. The predicted molar refractivity (Wildman–Crippen MR) is 93.9 cm³/mol. The number of piperidine rings is 1. The van der Waals surface area contributed by atoms with Crippen LogP contribution >= 0.6 is 0 Å². The third kappa shape index (κ3) is 4.17. The minimum absolute atomic E-state index is 0.144. The topological polar surface area (TPSA) is 58.1 Å². The Balaban J connectivity index is 1.72. The molecule has 0 saturated carbocycles. The van der Waals surface area contributed by atoms with Gasteiger partial charge in [0.25, 0.3) is 5.91 Å². The van der Waals surface area contributed by atoms with Crippen LogP contribution in [0.25, 0.3) is 0 Å². The molecule has 5 heteroatoms. The highest BCUT2D eigenvalue weighted by molar-refractivity contribution is 5.92. The molecule has 0 aliphatic carbocycles. The van der Waals surface area contributed by atoms with Crippen LogP contribution in [0.2, 0.25) is 0 Å². The summed E-state index contributed by atoms with van der Waals surface area (Å²) in [6, 6.07) is 11.6. The van der Waals surface area contributed by atoms with Gasteiger partial charge in [-0.15, -0.1) is 0 Å². The van der Waals surface area contributed by atoms with Gasteiger partial charge >= 0.3 is 0 Å². The minimum atomic E-state index is -0.144. The Hall–Kier alpha value is -2.27. The molecule has 24 heavy (non-hydrogen) atoms. The number of benzene rings is 1. The number of nitrogens with one attached hydrogen (secondary N) is 1. The van der Waals surface area contributed by atoms with Gasteiger partial charge in [0.15, 0.2) is 0 Å². The summed E-state index contributed by atoms with van der Waals surface area (Å²) in [5, 5.41) is 2.94. The normalized spacial score (nSPS) is 18.3. The molecule has 1 saturated heterocycles. The van der Waals surface area contributed by atoms with E-state index in [-0.39, 0.29) is 5.91 Å². The molecule has 1 amide bonds. The van der Waals surface area contributed by atoms with E-state index in [1.54, 1.807) is 6.07 Å². The van der Waals surface area contributed by atoms with Crippen LogP contribution in [0.15, 0.2) is 36.4 Å². The zero-order chi connectivity index (χ0) is 16.9. The standard InChI is InChI=1S/C19H24N4O/c1-14-11-17(19(24)20-12-15-7-4-3-5-8-15)22-18(21-14)16-9-6-10-23(2)13-16/h3-5,7-8,11,16H,6,9-10,12-13H2,1-2H3,(H,20,24). The highest BCUT2D eigenvalue weighted by Crippen LogP contribution is 2.23. The summed E-state index contributed by atoms with van der Waals surface area (Å²) in [7, 11) is 2.12. The zero-order valence-electron chi connectivity index (χ0n) is 14.3. The Morgan fingerprint density at radius 2 is 2.08 bits per heavy atom. The summed E-state index contributed by atoms with van der Waals surface area (Å²) in [6.45, 7) is 4.50. The highest BCUT2D eigenvalue weighted by Gasteiger charge is 2.22. The van der Waals surface area contributed by atoms with E-state index >= 15 is 0 Å². The second-order valence-electron chi connectivity index (χ2n) is 6.52. The second-order valence-corrected chi connectivity index (χ2v) is 6.52. The van der Waals surface area contributed by atoms with Gasteiger partial charge in [-0.3, -0.25) is 4.79 Å². The van der Waals surface area contributed by atoms with Crippen molar-refractivity contribution in [3.63, 3.8) is 0 Å². The molecular weight excluding hydrogens is 300 g/mol. The van der Waals surface area contributed by atoms with Crippen molar-refractivity contribution in [2.24, 2.45) is 0 Å². The van der Waals surface area contributed by atoms with Gasteiger partial charge in [-0.25, -0.2) is 9.97 Å². The average Bonchev–Trinajstić information content (AvgIpc) is 2.60.